The van der Waals surface area contributed by atoms with Gasteiger partial charge in [-0.25, -0.2) is 9.18 Å². The number of ether oxygens (including phenoxy) is 1. The molecule has 39 heavy (non-hydrogen) atoms. The minimum absolute atomic E-state index is 0.169. The van der Waals surface area contributed by atoms with Crippen molar-refractivity contribution in [2.24, 2.45) is 7.05 Å². The molecule has 0 atom stereocenters. The van der Waals surface area contributed by atoms with Crippen LogP contribution in [0.2, 0.25) is 10.3 Å². The highest BCUT2D eigenvalue weighted by atomic mass is 79.9. The highest BCUT2D eigenvalue weighted by Gasteiger charge is 2.39. The largest absolute Gasteiger partial charge is 0.459 e. The van der Waals surface area contributed by atoms with E-state index < -0.39 is 34.2 Å². The third-order valence-corrected chi connectivity index (χ3v) is 5.73. The number of halogens is 7. The Kier molecular flexibility index (Phi) is 11.3. The molecule has 2 N–H and O–H groups in total. The van der Waals surface area contributed by atoms with E-state index >= 15 is 0 Å². The van der Waals surface area contributed by atoms with Gasteiger partial charge in [-0.05, 0) is 74.3 Å². The summed E-state index contributed by atoms with van der Waals surface area (Å²) in [5.41, 5.74) is -1.86. The van der Waals surface area contributed by atoms with Crippen molar-refractivity contribution in [2.45, 2.75) is 52.9 Å². The monoisotopic (exact) mass is 657 g/mol. The van der Waals surface area contributed by atoms with E-state index in [1.807, 2.05) is 20.8 Å². The molecular weight excluding hydrogens is 633 g/mol. The summed E-state index contributed by atoms with van der Waals surface area (Å²) in [4.78, 5) is 24.0. The number of benzene rings is 1. The molecule has 0 saturated heterocycles. The van der Waals surface area contributed by atoms with Crippen molar-refractivity contribution >= 4 is 57.0 Å². The summed E-state index contributed by atoms with van der Waals surface area (Å²) in [5, 5.41) is 9.73. The molecule has 0 aliphatic rings. The minimum Gasteiger partial charge on any atom is -0.459 e. The van der Waals surface area contributed by atoms with E-state index in [1.165, 1.54) is 0 Å². The second-order valence-corrected chi connectivity index (χ2v) is 10.0. The van der Waals surface area contributed by atoms with Crippen molar-refractivity contribution < 1.29 is 27.1 Å². The second-order valence-electron chi connectivity index (χ2n) is 8.48. The van der Waals surface area contributed by atoms with E-state index in [1.54, 1.807) is 13.8 Å². The first-order valence-corrected chi connectivity index (χ1v) is 13.0. The standard InChI is InChI=1S/C15H12BrClF4N2O2.C8H14ClN5/c1-6(2)25-14(24)7-4-8(10(18)5-9(7)17)12-11(16)13(15(19,20)21)23(3)22-12;1-4-10-7-12-6(9)13-8(14-7)11-5(2)3/h4-6H,1-3H3;5H,4H2,1-3H3,(H2,10,11,12,13,14). The van der Waals surface area contributed by atoms with Crippen LogP contribution in [0.1, 0.15) is 50.7 Å². The lowest BCUT2D eigenvalue weighted by Gasteiger charge is -2.11. The molecule has 2 aromatic heterocycles. The first-order valence-electron chi connectivity index (χ1n) is 11.5. The van der Waals surface area contributed by atoms with Gasteiger partial charge in [0.1, 0.15) is 11.5 Å². The van der Waals surface area contributed by atoms with Gasteiger partial charge in [-0.3, -0.25) is 4.68 Å². The number of aromatic nitrogens is 5. The van der Waals surface area contributed by atoms with Crippen LogP contribution < -0.4 is 10.6 Å². The SMILES string of the molecule is CC(C)OC(=O)c1cc(-c2nn(C)c(C(F)(F)F)c2Br)c(F)cc1Cl.CCNc1nc(Cl)nc(NC(C)C)n1. The van der Waals surface area contributed by atoms with E-state index in [0.717, 1.165) is 25.7 Å². The Morgan fingerprint density at radius 3 is 2.26 bits per heavy atom. The third kappa shape index (κ3) is 8.90. The van der Waals surface area contributed by atoms with Gasteiger partial charge < -0.3 is 15.4 Å². The van der Waals surface area contributed by atoms with Crippen LogP contribution in [0.3, 0.4) is 0 Å². The molecular formula is C23H26BrCl2F4N7O2. The Bertz CT molecular complexity index is 1320. The Labute approximate surface area is 240 Å². The smallest absolute Gasteiger partial charge is 0.434 e. The van der Waals surface area contributed by atoms with Crippen LogP contribution in [0.5, 0.6) is 0 Å². The van der Waals surface area contributed by atoms with Crippen molar-refractivity contribution in [1.82, 2.24) is 24.7 Å². The summed E-state index contributed by atoms with van der Waals surface area (Å²) in [7, 11) is 1.08. The van der Waals surface area contributed by atoms with Gasteiger partial charge >= 0.3 is 12.1 Å². The van der Waals surface area contributed by atoms with Gasteiger partial charge in [-0.2, -0.15) is 33.2 Å². The number of nitrogens with zero attached hydrogens (tertiary/aromatic N) is 5. The summed E-state index contributed by atoms with van der Waals surface area (Å²) in [5.74, 6) is -0.741. The van der Waals surface area contributed by atoms with E-state index in [-0.39, 0.29) is 33.2 Å². The average molecular weight is 659 g/mol. The highest BCUT2D eigenvalue weighted by Crippen LogP contribution is 2.41. The van der Waals surface area contributed by atoms with Gasteiger partial charge in [0.05, 0.1) is 21.2 Å². The molecule has 9 nitrogen and oxygen atoms in total. The second kappa shape index (κ2) is 13.6. The van der Waals surface area contributed by atoms with Crippen molar-refractivity contribution in [3.63, 3.8) is 0 Å². The van der Waals surface area contributed by atoms with Crippen molar-refractivity contribution in [3.8, 4) is 11.3 Å². The first-order chi connectivity index (χ1) is 18.0. The Balaban J connectivity index is 0.000000322. The van der Waals surface area contributed by atoms with Crippen LogP contribution in [-0.4, -0.2) is 49.4 Å². The molecule has 0 unspecified atom stereocenters. The number of rotatable bonds is 7. The number of anilines is 2. The fourth-order valence-corrected chi connectivity index (χ4v) is 4.21. The lowest BCUT2D eigenvalue weighted by atomic mass is 10.1. The number of nitrogens with one attached hydrogen (secondary N) is 2. The molecule has 1 aromatic carbocycles. The quantitative estimate of drug-likeness (QED) is 0.206. The van der Waals surface area contributed by atoms with Crippen LogP contribution in [0.15, 0.2) is 16.6 Å². The van der Waals surface area contributed by atoms with Gasteiger partial charge in [-0.1, -0.05) is 11.6 Å². The molecule has 0 saturated carbocycles. The molecule has 3 rings (SSSR count). The van der Waals surface area contributed by atoms with Gasteiger partial charge in [0.15, 0.2) is 5.69 Å². The van der Waals surface area contributed by atoms with Crippen LogP contribution in [0.25, 0.3) is 11.3 Å². The summed E-state index contributed by atoms with van der Waals surface area (Å²) in [6.07, 6.45) is -5.14. The first kappa shape index (κ1) is 32.5. The molecule has 0 radical (unpaired) electrons. The molecule has 3 aromatic rings. The number of carbonyl (C=O) groups excluding carboxylic acids is 1. The molecule has 0 aliphatic heterocycles. The molecule has 2 heterocycles. The summed E-state index contributed by atoms with van der Waals surface area (Å²) >= 11 is 14.4. The lowest BCUT2D eigenvalue weighted by molar-refractivity contribution is -0.144. The number of esters is 1. The Morgan fingerprint density at radius 1 is 1.13 bits per heavy atom. The van der Waals surface area contributed by atoms with Crippen molar-refractivity contribution in [1.29, 1.82) is 0 Å². The van der Waals surface area contributed by atoms with E-state index in [0.29, 0.717) is 16.6 Å². The van der Waals surface area contributed by atoms with E-state index in [2.05, 4.69) is 46.6 Å². The minimum atomic E-state index is -4.69. The predicted molar refractivity (Wildman–Crippen MR) is 145 cm³/mol. The van der Waals surface area contributed by atoms with Gasteiger partial charge in [-0.15, -0.1) is 0 Å². The maximum absolute atomic E-state index is 14.3. The van der Waals surface area contributed by atoms with Crippen molar-refractivity contribution in [3.05, 3.63) is 44.0 Å². The summed E-state index contributed by atoms with van der Waals surface area (Å²) in [6, 6.07) is 2.13. The van der Waals surface area contributed by atoms with Crippen LogP contribution in [-0.2, 0) is 18.0 Å². The Morgan fingerprint density at radius 2 is 1.74 bits per heavy atom. The van der Waals surface area contributed by atoms with Gasteiger partial charge in [0, 0.05) is 25.2 Å². The average Bonchev–Trinajstić information content (AvgIpc) is 3.07. The van der Waals surface area contributed by atoms with Crippen LogP contribution >= 0.6 is 39.1 Å². The zero-order chi connectivity index (χ0) is 29.7. The fourth-order valence-electron chi connectivity index (χ4n) is 3.05. The number of hydrogen-bond donors (Lipinski definition) is 2. The predicted octanol–water partition coefficient (Wildman–Crippen LogP) is 7.00. The number of aryl methyl sites for hydroxylation is 1. The summed E-state index contributed by atoms with van der Waals surface area (Å²) in [6.45, 7) is 9.95. The maximum atomic E-state index is 14.3. The molecule has 0 spiro atoms. The zero-order valence-electron chi connectivity index (χ0n) is 21.7. The maximum Gasteiger partial charge on any atom is 0.434 e. The van der Waals surface area contributed by atoms with Gasteiger partial charge in [0.25, 0.3) is 0 Å². The van der Waals surface area contributed by atoms with Crippen LogP contribution in [0.4, 0.5) is 29.5 Å². The van der Waals surface area contributed by atoms with Gasteiger partial charge in [0.2, 0.25) is 17.2 Å². The number of carbonyl (C=O) groups is 1. The normalized spacial score (nSPS) is 11.4. The molecule has 0 bridgehead atoms. The number of alkyl halides is 3. The highest BCUT2D eigenvalue weighted by molar-refractivity contribution is 9.10. The summed E-state index contributed by atoms with van der Waals surface area (Å²) < 4.78 is 58.6. The molecule has 0 amide bonds. The Hall–Kier alpha value is -2.71. The van der Waals surface area contributed by atoms with Crippen LogP contribution in [0, 0.1) is 5.82 Å². The zero-order valence-corrected chi connectivity index (χ0v) is 24.8. The topological polar surface area (TPSA) is 107 Å². The molecule has 0 fully saturated rings. The van der Waals surface area contributed by atoms with E-state index in [9.17, 15) is 22.4 Å². The molecule has 0 aliphatic carbocycles. The number of hydrogen-bond acceptors (Lipinski definition) is 8. The fraction of sp³-hybridized carbons (Fsp3) is 0.435. The van der Waals surface area contributed by atoms with E-state index in [4.69, 9.17) is 27.9 Å². The third-order valence-electron chi connectivity index (χ3n) is 4.49. The molecule has 16 heteroatoms. The lowest BCUT2D eigenvalue weighted by Crippen LogP contribution is -2.14. The van der Waals surface area contributed by atoms with Crippen molar-refractivity contribution in [2.75, 3.05) is 17.2 Å². The molecule has 214 valence electrons.